The van der Waals surface area contributed by atoms with Crippen LogP contribution in [0.1, 0.15) is 26.5 Å². The Balaban J connectivity index is 0.00000392. The van der Waals surface area contributed by atoms with Gasteiger partial charge in [0.15, 0.2) is 5.96 Å². The Hall–Kier alpha value is -1.62. The molecule has 1 aromatic rings. The van der Waals surface area contributed by atoms with Crippen LogP contribution in [-0.2, 0) is 11.2 Å². The summed E-state index contributed by atoms with van der Waals surface area (Å²) in [5, 5.41) is 9.59. The van der Waals surface area contributed by atoms with E-state index in [0.29, 0.717) is 45.1 Å². The average Bonchev–Trinajstić information content (AvgIpc) is 2.64. The number of aliphatic hydroxyl groups excluding tert-OH is 1. The molecule has 0 radical (unpaired) electrons. The molecule has 3 N–H and O–H groups in total. The van der Waals surface area contributed by atoms with E-state index in [9.17, 15) is 9.90 Å². The molecule has 1 unspecified atom stereocenters. The Bertz CT molecular complexity index is 628. The highest BCUT2D eigenvalue weighted by atomic mass is 127. The highest BCUT2D eigenvalue weighted by Crippen LogP contribution is 2.12. The van der Waals surface area contributed by atoms with Crippen molar-refractivity contribution < 1.29 is 14.6 Å². The van der Waals surface area contributed by atoms with Crippen molar-refractivity contribution in [2.75, 3.05) is 39.3 Å². The van der Waals surface area contributed by atoms with E-state index in [1.807, 2.05) is 43.9 Å². The van der Waals surface area contributed by atoms with Crippen LogP contribution in [0.25, 0.3) is 0 Å². The van der Waals surface area contributed by atoms with Gasteiger partial charge in [-0.15, -0.1) is 24.0 Å². The van der Waals surface area contributed by atoms with Crippen LogP contribution in [0.15, 0.2) is 29.4 Å². The van der Waals surface area contributed by atoms with Gasteiger partial charge in [-0.25, -0.2) is 4.79 Å². The molecule has 8 nitrogen and oxygen atoms in total. The van der Waals surface area contributed by atoms with E-state index in [2.05, 4.69) is 9.98 Å². The molecule has 0 aromatic carbocycles. The summed E-state index contributed by atoms with van der Waals surface area (Å²) >= 11 is 0. The standard InChI is InChI=1S/C19H31N5O3.HI/c1-19(2,3)27-18(26)24-10-8-23(9-11-24)17(20)22-13-15(14-25)12-16-6-4-5-7-21-16;/h4-7,15,25H,8-14H2,1-3H3,(H2,20,22);1H. The Morgan fingerprint density at radius 1 is 1.29 bits per heavy atom. The summed E-state index contributed by atoms with van der Waals surface area (Å²) in [6, 6.07) is 5.73. The molecule has 9 heteroatoms. The van der Waals surface area contributed by atoms with Gasteiger partial charge in [-0.1, -0.05) is 6.07 Å². The lowest BCUT2D eigenvalue weighted by atomic mass is 10.0. The minimum Gasteiger partial charge on any atom is -0.444 e. The van der Waals surface area contributed by atoms with E-state index in [1.165, 1.54) is 0 Å². The SMILES string of the molecule is CC(C)(C)OC(=O)N1CCN(C(N)=NCC(CO)Cc2ccccn2)CC1.I. The van der Waals surface area contributed by atoms with Crippen LogP contribution >= 0.6 is 24.0 Å². The van der Waals surface area contributed by atoms with Crippen molar-refractivity contribution >= 4 is 36.0 Å². The van der Waals surface area contributed by atoms with Gasteiger partial charge in [-0.05, 0) is 39.3 Å². The molecule has 2 rings (SSSR count). The summed E-state index contributed by atoms with van der Waals surface area (Å²) in [6.45, 7) is 8.34. The number of nitrogens with two attached hydrogens (primary N) is 1. The maximum atomic E-state index is 12.1. The van der Waals surface area contributed by atoms with Gasteiger partial charge in [0.1, 0.15) is 5.60 Å². The van der Waals surface area contributed by atoms with Crippen LogP contribution < -0.4 is 5.73 Å². The predicted octanol–water partition coefficient (Wildman–Crippen LogP) is 1.72. The second kappa shape index (κ2) is 11.4. The van der Waals surface area contributed by atoms with Crippen molar-refractivity contribution in [1.82, 2.24) is 14.8 Å². The van der Waals surface area contributed by atoms with Gasteiger partial charge in [-0.3, -0.25) is 9.98 Å². The molecular weight excluding hydrogens is 473 g/mol. The van der Waals surface area contributed by atoms with E-state index in [-0.39, 0.29) is 42.6 Å². The average molecular weight is 505 g/mol. The third-order valence-corrected chi connectivity index (χ3v) is 4.25. The monoisotopic (exact) mass is 505 g/mol. The molecule has 0 saturated carbocycles. The topological polar surface area (TPSA) is 104 Å². The number of hydrogen-bond acceptors (Lipinski definition) is 5. The van der Waals surface area contributed by atoms with Gasteiger partial charge in [-0.2, -0.15) is 0 Å². The number of pyridine rings is 1. The maximum Gasteiger partial charge on any atom is 0.410 e. The minimum atomic E-state index is -0.498. The Morgan fingerprint density at radius 2 is 1.93 bits per heavy atom. The highest BCUT2D eigenvalue weighted by molar-refractivity contribution is 14.0. The Morgan fingerprint density at radius 3 is 2.46 bits per heavy atom. The number of guanidine groups is 1. The first-order valence-corrected chi connectivity index (χ1v) is 9.32. The van der Waals surface area contributed by atoms with E-state index in [0.717, 1.165) is 5.69 Å². The number of aliphatic hydroxyl groups is 1. The number of carbonyl (C=O) groups is 1. The Labute approximate surface area is 184 Å². The second-order valence-corrected chi connectivity index (χ2v) is 7.73. The number of carbonyl (C=O) groups excluding carboxylic acids is 1. The lowest BCUT2D eigenvalue weighted by molar-refractivity contribution is 0.0186. The second-order valence-electron chi connectivity index (χ2n) is 7.73. The zero-order valence-electron chi connectivity index (χ0n) is 16.9. The summed E-state index contributed by atoms with van der Waals surface area (Å²) < 4.78 is 5.40. The Kier molecular flexibility index (Phi) is 9.94. The summed E-state index contributed by atoms with van der Waals surface area (Å²) in [5.41, 5.74) is 6.54. The van der Waals surface area contributed by atoms with Gasteiger partial charge in [0, 0.05) is 57.1 Å². The summed E-state index contributed by atoms with van der Waals surface area (Å²) in [5.74, 6) is 0.416. The van der Waals surface area contributed by atoms with Crippen molar-refractivity contribution in [3.63, 3.8) is 0 Å². The molecule has 0 bridgehead atoms. The van der Waals surface area contributed by atoms with Crippen molar-refractivity contribution in [2.24, 2.45) is 16.6 Å². The van der Waals surface area contributed by atoms with Crippen LogP contribution in [0.3, 0.4) is 0 Å². The summed E-state index contributed by atoms with van der Waals surface area (Å²) in [4.78, 5) is 24.5. The normalized spacial score (nSPS) is 16.4. The van der Waals surface area contributed by atoms with Crippen LogP contribution in [0, 0.1) is 5.92 Å². The van der Waals surface area contributed by atoms with Crippen LogP contribution in [0.4, 0.5) is 4.79 Å². The van der Waals surface area contributed by atoms with Crippen molar-refractivity contribution in [1.29, 1.82) is 0 Å². The van der Waals surface area contributed by atoms with Crippen LogP contribution in [0.2, 0.25) is 0 Å². The zero-order valence-corrected chi connectivity index (χ0v) is 19.2. The lowest BCUT2D eigenvalue weighted by Gasteiger charge is -2.36. The number of aromatic nitrogens is 1. The van der Waals surface area contributed by atoms with Gasteiger partial charge in [0.05, 0.1) is 0 Å². The number of piperazine rings is 1. The largest absolute Gasteiger partial charge is 0.444 e. The maximum absolute atomic E-state index is 12.1. The van der Waals surface area contributed by atoms with Crippen molar-refractivity contribution in [2.45, 2.75) is 32.8 Å². The van der Waals surface area contributed by atoms with E-state index >= 15 is 0 Å². The zero-order chi connectivity index (χ0) is 19.9. The number of rotatable bonds is 5. The molecule has 0 spiro atoms. The fourth-order valence-corrected chi connectivity index (χ4v) is 2.77. The van der Waals surface area contributed by atoms with Gasteiger partial charge >= 0.3 is 6.09 Å². The molecule has 2 heterocycles. The number of ether oxygens (including phenoxy) is 1. The van der Waals surface area contributed by atoms with Crippen LogP contribution in [-0.4, -0.2) is 76.9 Å². The van der Waals surface area contributed by atoms with E-state index in [1.54, 1.807) is 11.1 Å². The molecule has 1 aliphatic heterocycles. The quantitative estimate of drug-likeness (QED) is 0.359. The molecule has 28 heavy (non-hydrogen) atoms. The molecule has 0 aliphatic carbocycles. The number of nitrogens with zero attached hydrogens (tertiary/aromatic N) is 4. The van der Waals surface area contributed by atoms with E-state index < -0.39 is 5.60 Å². The third-order valence-electron chi connectivity index (χ3n) is 4.25. The molecule has 1 fully saturated rings. The van der Waals surface area contributed by atoms with Crippen molar-refractivity contribution in [3.8, 4) is 0 Å². The molecule has 1 aromatic heterocycles. The summed E-state index contributed by atoms with van der Waals surface area (Å²) in [7, 11) is 0. The predicted molar refractivity (Wildman–Crippen MR) is 120 cm³/mol. The first-order chi connectivity index (χ1) is 12.8. The fourth-order valence-electron chi connectivity index (χ4n) is 2.77. The number of hydrogen-bond donors (Lipinski definition) is 2. The highest BCUT2D eigenvalue weighted by Gasteiger charge is 2.26. The van der Waals surface area contributed by atoms with Gasteiger partial charge < -0.3 is 25.4 Å². The van der Waals surface area contributed by atoms with Crippen molar-refractivity contribution in [3.05, 3.63) is 30.1 Å². The smallest absolute Gasteiger partial charge is 0.410 e. The first-order valence-electron chi connectivity index (χ1n) is 9.32. The first kappa shape index (κ1) is 24.4. The number of halogens is 1. The molecule has 1 saturated heterocycles. The van der Waals surface area contributed by atoms with E-state index in [4.69, 9.17) is 10.5 Å². The van der Waals surface area contributed by atoms with Gasteiger partial charge in [0.2, 0.25) is 0 Å². The molecule has 1 amide bonds. The molecular formula is C19H32IN5O3. The summed E-state index contributed by atoms with van der Waals surface area (Å²) in [6.07, 6.45) is 2.10. The molecule has 1 atom stereocenters. The fraction of sp³-hybridized carbons (Fsp3) is 0.632. The van der Waals surface area contributed by atoms with Gasteiger partial charge in [0.25, 0.3) is 0 Å². The number of amides is 1. The minimum absolute atomic E-state index is 0. The lowest BCUT2D eigenvalue weighted by Crippen LogP contribution is -2.53. The third kappa shape index (κ3) is 8.17. The molecule has 1 aliphatic rings. The van der Waals surface area contributed by atoms with Crippen LogP contribution in [0.5, 0.6) is 0 Å². The molecule has 158 valence electrons. The number of aliphatic imine (C=N–C) groups is 1.